The highest BCUT2D eigenvalue weighted by molar-refractivity contribution is 5.60. The Morgan fingerprint density at radius 1 is 1.18 bits per heavy atom. The molecule has 1 saturated heterocycles. The normalized spacial score (nSPS) is 22.6. The minimum absolute atomic E-state index is 0.800. The van der Waals surface area contributed by atoms with Gasteiger partial charge in [0.1, 0.15) is 5.69 Å². The van der Waals surface area contributed by atoms with Gasteiger partial charge < -0.3 is 4.90 Å². The van der Waals surface area contributed by atoms with Crippen molar-refractivity contribution in [1.29, 1.82) is 0 Å². The van der Waals surface area contributed by atoms with Crippen molar-refractivity contribution in [3.8, 4) is 0 Å². The Kier molecular flexibility index (Phi) is 1.92. The zero-order valence-electron chi connectivity index (χ0n) is 9.97. The second kappa shape index (κ2) is 3.46. The first-order chi connectivity index (χ1) is 8.42. The Labute approximate surface area is 101 Å². The lowest BCUT2D eigenvalue weighted by atomic mass is 9.89. The topological polar surface area (TPSA) is 7.34 Å². The maximum absolute atomic E-state index is 2.57. The molecule has 2 nitrogen and oxygen atoms in total. The van der Waals surface area contributed by atoms with Gasteiger partial charge in [-0.3, -0.25) is 0 Å². The number of fused-ring (bicyclic) bond motifs is 4. The van der Waals surface area contributed by atoms with E-state index < -0.39 is 0 Å². The van der Waals surface area contributed by atoms with E-state index in [1.165, 1.54) is 43.6 Å². The molecule has 0 N–H and O–H groups in total. The average Bonchev–Trinajstić information content (AvgIpc) is 2.71. The first-order valence-corrected chi connectivity index (χ1v) is 6.61. The summed E-state index contributed by atoms with van der Waals surface area (Å²) in [5.41, 5.74) is 4.38. The van der Waals surface area contributed by atoms with Crippen LogP contribution in [0.15, 0.2) is 36.7 Å². The molecule has 0 saturated carbocycles. The highest BCUT2D eigenvalue weighted by atomic mass is 15.2. The third-order valence-corrected chi connectivity index (χ3v) is 4.29. The maximum Gasteiger partial charge on any atom is 0.211 e. The lowest BCUT2D eigenvalue weighted by Gasteiger charge is -2.29. The number of hydrogen-bond acceptors (Lipinski definition) is 1. The summed E-state index contributed by atoms with van der Waals surface area (Å²) in [4.78, 5) is 2.57. The lowest BCUT2D eigenvalue weighted by Crippen LogP contribution is -2.32. The van der Waals surface area contributed by atoms with Gasteiger partial charge in [-0.15, -0.1) is 0 Å². The van der Waals surface area contributed by atoms with E-state index >= 15 is 0 Å². The van der Waals surface area contributed by atoms with Crippen LogP contribution in [0.25, 0.3) is 5.52 Å². The molecule has 0 amide bonds. The van der Waals surface area contributed by atoms with Gasteiger partial charge in [0, 0.05) is 31.3 Å². The van der Waals surface area contributed by atoms with Gasteiger partial charge in [0.15, 0.2) is 12.4 Å². The third-order valence-electron chi connectivity index (χ3n) is 4.29. The van der Waals surface area contributed by atoms with Crippen molar-refractivity contribution in [1.82, 2.24) is 0 Å². The van der Waals surface area contributed by atoms with E-state index in [4.69, 9.17) is 0 Å². The summed E-state index contributed by atoms with van der Waals surface area (Å²) in [5.74, 6) is 0.800. The maximum atomic E-state index is 2.57. The molecule has 0 aliphatic carbocycles. The van der Waals surface area contributed by atoms with Crippen LogP contribution in [0.1, 0.15) is 30.7 Å². The molecule has 0 spiro atoms. The predicted molar refractivity (Wildman–Crippen MR) is 68.4 cm³/mol. The van der Waals surface area contributed by atoms with Crippen molar-refractivity contribution in [2.75, 3.05) is 18.0 Å². The summed E-state index contributed by atoms with van der Waals surface area (Å²) in [5, 5.41) is 0. The number of anilines is 1. The van der Waals surface area contributed by atoms with Crippen molar-refractivity contribution in [3.63, 3.8) is 0 Å². The smallest absolute Gasteiger partial charge is 0.211 e. The number of pyridine rings is 2. The van der Waals surface area contributed by atoms with Gasteiger partial charge in [-0.25, -0.2) is 0 Å². The van der Waals surface area contributed by atoms with Gasteiger partial charge in [-0.1, -0.05) is 0 Å². The third kappa shape index (κ3) is 1.36. The van der Waals surface area contributed by atoms with Gasteiger partial charge in [0.2, 0.25) is 5.52 Å². The Hall–Kier alpha value is -1.57. The first kappa shape index (κ1) is 9.46. The Morgan fingerprint density at radius 2 is 2.18 bits per heavy atom. The molecule has 2 bridgehead atoms. The van der Waals surface area contributed by atoms with Crippen molar-refractivity contribution in [2.24, 2.45) is 0 Å². The first-order valence-electron chi connectivity index (χ1n) is 6.61. The Balaban J connectivity index is 2.01. The summed E-state index contributed by atoms with van der Waals surface area (Å²) >= 11 is 0. The van der Waals surface area contributed by atoms with Gasteiger partial charge in [-0.2, -0.15) is 4.40 Å². The number of hydrogen-bond donors (Lipinski definition) is 0. The number of aromatic nitrogens is 1. The molecule has 2 heteroatoms. The molecule has 0 aromatic carbocycles. The van der Waals surface area contributed by atoms with Gasteiger partial charge in [0.05, 0.1) is 0 Å². The van der Waals surface area contributed by atoms with Crippen molar-refractivity contribution < 1.29 is 4.40 Å². The van der Waals surface area contributed by atoms with E-state index in [0.29, 0.717) is 0 Å². The zero-order chi connectivity index (χ0) is 11.2. The molecular formula is C15H17N2+. The fraction of sp³-hybridized carbons (Fsp3) is 0.400. The summed E-state index contributed by atoms with van der Waals surface area (Å²) in [6, 6.07) is 8.83. The SMILES string of the molecule is c1cc[n+]2cc3c(cc2c1)C1CCCN3CC1. The van der Waals surface area contributed by atoms with E-state index in [0.717, 1.165) is 5.92 Å². The largest absolute Gasteiger partial charge is 0.366 e. The Morgan fingerprint density at radius 3 is 3.18 bits per heavy atom. The molecule has 3 aliphatic rings. The molecule has 17 heavy (non-hydrogen) atoms. The molecule has 1 atom stereocenters. The van der Waals surface area contributed by atoms with Crippen LogP contribution < -0.4 is 9.30 Å². The van der Waals surface area contributed by atoms with Crippen molar-refractivity contribution in [2.45, 2.75) is 25.2 Å². The highest BCUT2D eigenvalue weighted by Crippen LogP contribution is 2.40. The molecule has 5 heterocycles. The predicted octanol–water partition coefficient (Wildman–Crippen LogP) is 2.51. The second-order valence-electron chi connectivity index (χ2n) is 5.26. The molecular weight excluding hydrogens is 208 g/mol. The van der Waals surface area contributed by atoms with Gasteiger partial charge in [0.25, 0.3) is 0 Å². The van der Waals surface area contributed by atoms with Crippen molar-refractivity contribution >= 4 is 11.2 Å². The van der Waals surface area contributed by atoms with E-state index in [1.54, 1.807) is 5.56 Å². The fourth-order valence-corrected chi connectivity index (χ4v) is 3.39. The Bertz CT molecular complexity index is 522. The molecule has 86 valence electrons. The summed E-state index contributed by atoms with van der Waals surface area (Å²) in [6.07, 6.45) is 8.53. The average molecular weight is 225 g/mol. The van der Waals surface area contributed by atoms with Crippen LogP contribution in [0.5, 0.6) is 0 Å². The van der Waals surface area contributed by atoms with E-state index in [2.05, 4.69) is 46.0 Å². The monoisotopic (exact) mass is 225 g/mol. The van der Waals surface area contributed by atoms with Crippen LogP contribution in [0.3, 0.4) is 0 Å². The van der Waals surface area contributed by atoms with Gasteiger partial charge >= 0.3 is 0 Å². The summed E-state index contributed by atoms with van der Waals surface area (Å²) in [6.45, 7) is 2.49. The quantitative estimate of drug-likeness (QED) is 0.625. The van der Waals surface area contributed by atoms with E-state index in [-0.39, 0.29) is 0 Å². The minimum atomic E-state index is 0.800. The molecule has 1 fully saturated rings. The lowest BCUT2D eigenvalue weighted by molar-refractivity contribution is -0.511. The summed E-state index contributed by atoms with van der Waals surface area (Å²) < 4.78 is 2.25. The van der Waals surface area contributed by atoms with Crippen LogP contribution in [0.4, 0.5) is 5.69 Å². The molecule has 1 unspecified atom stereocenters. The van der Waals surface area contributed by atoms with E-state index in [1.807, 2.05) is 0 Å². The van der Waals surface area contributed by atoms with Crippen molar-refractivity contribution in [3.05, 3.63) is 42.2 Å². The van der Waals surface area contributed by atoms with Crippen LogP contribution in [-0.2, 0) is 0 Å². The van der Waals surface area contributed by atoms with Crippen LogP contribution in [-0.4, -0.2) is 13.1 Å². The summed E-state index contributed by atoms with van der Waals surface area (Å²) in [7, 11) is 0. The number of nitrogens with zero attached hydrogens (tertiary/aromatic N) is 2. The zero-order valence-corrected chi connectivity index (χ0v) is 9.97. The second-order valence-corrected chi connectivity index (χ2v) is 5.26. The molecule has 3 aliphatic heterocycles. The fourth-order valence-electron chi connectivity index (χ4n) is 3.39. The molecule has 2 aromatic heterocycles. The molecule has 0 radical (unpaired) electrons. The molecule has 2 aromatic rings. The highest BCUT2D eigenvalue weighted by Gasteiger charge is 2.30. The minimum Gasteiger partial charge on any atom is -0.366 e. The number of rotatable bonds is 0. The van der Waals surface area contributed by atoms with E-state index in [9.17, 15) is 0 Å². The molecule has 5 rings (SSSR count). The van der Waals surface area contributed by atoms with Crippen LogP contribution in [0.2, 0.25) is 0 Å². The van der Waals surface area contributed by atoms with Gasteiger partial charge in [-0.05, 0) is 36.8 Å². The standard InChI is InChI=1S/C15H17N2/c1-2-7-17-11-15-14(10-13(17)5-1)12-4-3-8-16(15)9-6-12/h1-2,5,7,10-12H,3-4,6,8-9H2/q+1. The van der Waals surface area contributed by atoms with Crippen LogP contribution in [0, 0.1) is 0 Å². The van der Waals surface area contributed by atoms with Crippen LogP contribution >= 0.6 is 0 Å².